The standard InChI is InChI=1S/C22H18F2N8O10S2/c1-10-6-11(2-4-18(10)43(37,38)39)26-21-28-20(24)29-22(30-21)27-15-7-12(3-5-19(15)44(40,41)42)25-14-8-13(23)16(31(33)34)9-17(14)32(35)36/h2-9,25,37-39H,1H3,(H,40,41,42)(H2,26,27,28,29,30). The second kappa shape index (κ2) is 11.9. The van der Waals surface area contributed by atoms with Crippen molar-refractivity contribution < 1.29 is 45.3 Å². The van der Waals surface area contributed by atoms with Gasteiger partial charge in [-0.3, -0.25) is 24.8 Å². The van der Waals surface area contributed by atoms with Gasteiger partial charge >= 0.3 is 11.8 Å². The van der Waals surface area contributed by atoms with Gasteiger partial charge < -0.3 is 29.6 Å². The van der Waals surface area contributed by atoms with Gasteiger partial charge in [-0.2, -0.15) is 32.2 Å². The molecule has 7 N–H and O–H groups in total. The van der Waals surface area contributed by atoms with Gasteiger partial charge in [0.25, 0.3) is 15.8 Å². The molecule has 4 aromatic rings. The summed E-state index contributed by atoms with van der Waals surface area (Å²) in [6, 6.07) is 7.49. The summed E-state index contributed by atoms with van der Waals surface area (Å²) < 4.78 is 90.7. The van der Waals surface area contributed by atoms with Crippen LogP contribution in [0.5, 0.6) is 0 Å². The number of aromatic nitrogens is 3. The number of hydrogen-bond acceptors (Lipinski definition) is 15. The van der Waals surface area contributed by atoms with Gasteiger partial charge in [-0.05, 0) is 48.9 Å². The van der Waals surface area contributed by atoms with Crippen molar-refractivity contribution >= 4 is 67.0 Å². The van der Waals surface area contributed by atoms with Crippen molar-refractivity contribution in [2.24, 2.45) is 0 Å². The van der Waals surface area contributed by atoms with Crippen molar-refractivity contribution in [1.29, 1.82) is 0 Å². The van der Waals surface area contributed by atoms with E-state index in [0.717, 1.165) is 18.2 Å². The molecule has 0 saturated heterocycles. The Morgan fingerprint density at radius 1 is 0.727 bits per heavy atom. The van der Waals surface area contributed by atoms with Crippen molar-refractivity contribution in [3.8, 4) is 0 Å². The second-order valence-corrected chi connectivity index (χ2v) is 11.5. The molecule has 0 aliphatic heterocycles. The lowest BCUT2D eigenvalue weighted by Gasteiger charge is -2.21. The van der Waals surface area contributed by atoms with E-state index in [1.54, 1.807) is 0 Å². The monoisotopic (exact) mass is 656 g/mol. The van der Waals surface area contributed by atoms with E-state index in [0.29, 0.717) is 12.1 Å². The Bertz CT molecular complexity index is 1930. The molecule has 0 aliphatic carbocycles. The zero-order valence-electron chi connectivity index (χ0n) is 21.7. The second-order valence-electron chi connectivity index (χ2n) is 8.65. The van der Waals surface area contributed by atoms with Crippen molar-refractivity contribution in [1.82, 2.24) is 15.0 Å². The van der Waals surface area contributed by atoms with Crippen LogP contribution in [0.3, 0.4) is 0 Å². The smallest absolute Gasteiger partial charge is 0.315 e. The highest BCUT2D eigenvalue weighted by atomic mass is 32.3. The first-order valence-electron chi connectivity index (χ1n) is 11.5. The predicted octanol–water partition coefficient (Wildman–Crippen LogP) is 5.33. The maximum atomic E-state index is 14.3. The molecule has 44 heavy (non-hydrogen) atoms. The van der Waals surface area contributed by atoms with Crippen LogP contribution < -0.4 is 16.0 Å². The van der Waals surface area contributed by atoms with Gasteiger partial charge in [0.2, 0.25) is 17.7 Å². The number of hydrogen-bond donors (Lipinski definition) is 7. The van der Waals surface area contributed by atoms with E-state index in [1.807, 2.05) is 0 Å². The van der Waals surface area contributed by atoms with E-state index in [4.69, 9.17) is 0 Å². The summed E-state index contributed by atoms with van der Waals surface area (Å²) in [4.78, 5) is 30.1. The number of anilines is 6. The van der Waals surface area contributed by atoms with Gasteiger partial charge in [0.05, 0.1) is 26.5 Å². The topological polar surface area (TPSA) is 276 Å². The number of nitro groups is 2. The quantitative estimate of drug-likeness (QED) is 0.0644. The molecule has 0 spiro atoms. The van der Waals surface area contributed by atoms with Gasteiger partial charge in [-0.1, -0.05) is 0 Å². The molecule has 3 aromatic carbocycles. The molecule has 232 valence electrons. The third-order valence-electron chi connectivity index (χ3n) is 5.58. The Morgan fingerprint density at radius 2 is 1.30 bits per heavy atom. The van der Waals surface area contributed by atoms with E-state index in [2.05, 4.69) is 30.9 Å². The van der Waals surface area contributed by atoms with Crippen molar-refractivity contribution in [2.75, 3.05) is 16.0 Å². The van der Waals surface area contributed by atoms with Gasteiger partial charge in [-0.25, -0.2) is 0 Å². The van der Waals surface area contributed by atoms with Crippen LogP contribution in [-0.2, 0) is 10.1 Å². The number of nitrogens with one attached hydrogen (secondary N) is 3. The SMILES string of the molecule is Cc1cc(Nc2nc(F)nc(Nc3cc(Nc4cc(F)c([N+](=O)[O-])cc4[N+](=O)[O-])ccc3S(=O)(=O)O)n2)ccc1S(O)(O)O. The average Bonchev–Trinajstić information content (AvgIpc) is 2.86. The van der Waals surface area contributed by atoms with Gasteiger partial charge in [-0.15, -0.1) is 0 Å². The Balaban J connectivity index is 1.70. The molecule has 1 heterocycles. The zero-order valence-corrected chi connectivity index (χ0v) is 23.3. The summed E-state index contributed by atoms with van der Waals surface area (Å²) in [5.41, 5.74) is -2.82. The van der Waals surface area contributed by atoms with Gasteiger partial charge in [0.1, 0.15) is 21.5 Å². The first kappa shape index (κ1) is 31.8. The van der Waals surface area contributed by atoms with Gasteiger partial charge in [0, 0.05) is 17.4 Å². The molecule has 1 aromatic heterocycles. The Morgan fingerprint density at radius 3 is 1.84 bits per heavy atom. The third-order valence-corrected chi connectivity index (χ3v) is 7.54. The normalized spacial score (nSPS) is 12.0. The van der Waals surface area contributed by atoms with Crippen molar-refractivity contribution in [2.45, 2.75) is 16.7 Å². The Hall–Kier alpha value is -5.13. The van der Waals surface area contributed by atoms with Crippen LogP contribution in [0.1, 0.15) is 5.56 Å². The summed E-state index contributed by atoms with van der Waals surface area (Å²) in [5.74, 6) is -2.44. The maximum Gasteiger partial charge on any atom is 0.315 e. The summed E-state index contributed by atoms with van der Waals surface area (Å²) in [5, 5.41) is 29.9. The van der Waals surface area contributed by atoms with E-state index >= 15 is 0 Å². The highest BCUT2D eigenvalue weighted by Gasteiger charge is 2.26. The number of nitro benzene ring substituents is 2. The summed E-state index contributed by atoms with van der Waals surface area (Å²) in [7, 11) is -8.97. The van der Waals surface area contributed by atoms with Crippen LogP contribution in [0, 0.1) is 39.0 Å². The fourth-order valence-electron chi connectivity index (χ4n) is 3.77. The first-order chi connectivity index (χ1) is 20.4. The molecular weight excluding hydrogens is 638 g/mol. The Kier molecular flexibility index (Phi) is 8.57. The fourth-order valence-corrected chi connectivity index (χ4v) is 5.14. The lowest BCUT2D eigenvalue weighted by molar-refractivity contribution is -0.395. The number of rotatable bonds is 10. The number of aryl methyl sites for hydroxylation is 1. The fraction of sp³-hybridized carbons (Fsp3) is 0.0455. The summed E-state index contributed by atoms with van der Waals surface area (Å²) in [6.45, 7) is 1.45. The summed E-state index contributed by atoms with van der Waals surface area (Å²) >= 11 is 0. The predicted molar refractivity (Wildman–Crippen MR) is 151 cm³/mol. The highest BCUT2D eigenvalue weighted by Crippen LogP contribution is 2.46. The molecule has 0 amide bonds. The number of benzene rings is 3. The molecule has 0 unspecified atom stereocenters. The molecule has 4 rings (SSSR count). The molecule has 0 aliphatic rings. The molecule has 0 bridgehead atoms. The van der Waals surface area contributed by atoms with E-state index in [1.165, 1.54) is 25.1 Å². The molecule has 0 saturated carbocycles. The minimum atomic E-state index is -4.95. The van der Waals surface area contributed by atoms with Crippen LogP contribution in [0.2, 0.25) is 0 Å². The van der Waals surface area contributed by atoms with Crippen molar-refractivity contribution in [3.63, 3.8) is 0 Å². The molecule has 0 fully saturated rings. The lowest BCUT2D eigenvalue weighted by atomic mass is 10.2. The molecule has 18 nitrogen and oxygen atoms in total. The zero-order chi connectivity index (χ0) is 32.6. The highest BCUT2D eigenvalue weighted by molar-refractivity contribution is 8.19. The Labute approximate surface area is 246 Å². The molecule has 22 heteroatoms. The molecular formula is C22H18F2N8O10S2. The van der Waals surface area contributed by atoms with E-state index in [-0.39, 0.29) is 21.8 Å². The first-order valence-corrected chi connectivity index (χ1v) is 14.4. The number of halogens is 2. The maximum absolute atomic E-state index is 14.3. The molecule has 0 atom stereocenters. The van der Waals surface area contributed by atoms with Gasteiger partial charge in [0.15, 0.2) is 0 Å². The van der Waals surface area contributed by atoms with Crippen LogP contribution in [0.15, 0.2) is 58.3 Å². The average molecular weight is 657 g/mol. The summed E-state index contributed by atoms with van der Waals surface area (Å²) in [6.07, 6.45) is -1.36. The number of nitrogens with zero attached hydrogens (tertiary/aromatic N) is 5. The van der Waals surface area contributed by atoms with Crippen LogP contribution in [0.4, 0.5) is 54.8 Å². The largest absolute Gasteiger partial charge is 0.350 e. The minimum absolute atomic E-state index is 0.158. The van der Waals surface area contributed by atoms with E-state index < -0.39 is 82.3 Å². The van der Waals surface area contributed by atoms with Crippen LogP contribution >= 0.6 is 10.9 Å². The van der Waals surface area contributed by atoms with Crippen LogP contribution in [0.25, 0.3) is 0 Å². The van der Waals surface area contributed by atoms with Crippen LogP contribution in [-0.4, -0.2) is 51.4 Å². The van der Waals surface area contributed by atoms with Crippen molar-refractivity contribution in [3.05, 3.63) is 86.2 Å². The molecule has 0 radical (unpaired) electrons. The minimum Gasteiger partial charge on any atom is -0.350 e. The lowest BCUT2D eigenvalue weighted by Crippen LogP contribution is -2.09. The third kappa shape index (κ3) is 7.25. The van der Waals surface area contributed by atoms with E-state index in [9.17, 15) is 55.6 Å².